The third-order valence-corrected chi connectivity index (χ3v) is 4.38. The zero-order chi connectivity index (χ0) is 15.2. The molecule has 110 valence electrons. The number of carbonyl (C=O) groups excluding carboxylic acids is 1. The Morgan fingerprint density at radius 1 is 1.14 bits per heavy atom. The highest BCUT2D eigenvalue weighted by Crippen LogP contribution is 2.17. The Kier molecular flexibility index (Phi) is 5.22. The summed E-state index contributed by atoms with van der Waals surface area (Å²) in [6.45, 7) is 0. The topological polar surface area (TPSA) is 43.4 Å². The minimum Gasteiger partial charge on any atom is -0.469 e. The Morgan fingerprint density at radius 2 is 1.86 bits per heavy atom. The van der Waals surface area contributed by atoms with Crippen LogP contribution in [0.2, 0.25) is 0 Å². The second kappa shape index (κ2) is 7.13. The van der Waals surface area contributed by atoms with E-state index in [1.807, 2.05) is 18.2 Å². The Hall–Kier alpha value is -2.01. The first-order valence-corrected chi connectivity index (χ1v) is 7.69. The molecule has 0 fully saturated rings. The van der Waals surface area contributed by atoms with Gasteiger partial charge in [0.05, 0.1) is 30.1 Å². The maximum absolute atomic E-state index is 13.2. The lowest BCUT2D eigenvalue weighted by atomic mass is 10.1. The first-order chi connectivity index (χ1) is 10.1. The quantitative estimate of drug-likeness (QED) is 0.798. The van der Waals surface area contributed by atoms with E-state index in [0.29, 0.717) is 4.90 Å². The number of esters is 1. The number of hydrogen-bond acceptors (Lipinski definition) is 3. The van der Waals surface area contributed by atoms with Crippen LogP contribution in [0.4, 0.5) is 4.39 Å². The molecule has 0 radical (unpaired) electrons. The van der Waals surface area contributed by atoms with Gasteiger partial charge in [-0.15, -0.1) is 0 Å². The summed E-state index contributed by atoms with van der Waals surface area (Å²) in [5, 5.41) is 0. The molecular weight excluding hydrogens is 291 g/mol. The highest BCUT2D eigenvalue weighted by atomic mass is 32.2. The van der Waals surface area contributed by atoms with Gasteiger partial charge in [-0.05, 0) is 29.3 Å². The minimum absolute atomic E-state index is 0.132. The van der Waals surface area contributed by atoms with Gasteiger partial charge < -0.3 is 4.74 Å². The van der Waals surface area contributed by atoms with Gasteiger partial charge in [-0.3, -0.25) is 9.00 Å². The van der Waals surface area contributed by atoms with E-state index in [4.69, 9.17) is 0 Å². The number of rotatable bonds is 5. The molecule has 0 aromatic heterocycles. The summed E-state index contributed by atoms with van der Waals surface area (Å²) in [5.74, 6) is -0.529. The number of carbonyl (C=O) groups is 1. The average molecular weight is 306 g/mol. The Balaban J connectivity index is 2.19. The smallest absolute Gasteiger partial charge is 0.309 e. The zero-order valence-electron chi connectivity index (χ0n) is 11.5. The van der Waals surface area contributed by atoms with Gasteiger partial charge in [-0.2, -0.15) is 0 Å². The number of hydrogen-bond donors (Lipinski definition) is 0. The molecule has 0 saturated heterocycles. The maximum Gasteiger partial charge on any atom is 0.309 e. The largest absolute Gasteiger partial charge is 0.469 e. The molecule has 3 nitrogen and oxygen atoms in total. The van der Waals surface area contributed by atoms with Crippen LogP contribution in [0.25, 0.3) is 0 Å². The van der Waals surface area contributed by atoms with Crippen LogP contribution < -0.4 is 0 Å². The van der Waals surface area contributed by atoms with E-state index in [9.17, 15) is 13.4 Å². The zero-order valence-corrected chi connectivity index (χ0v) is 12.4. The lowest BCUT2D eigenvalue weighted by Gasteiger charge is -2.08. The van der Waals surface area contributed by atoms with Gasteiger partial charge in [0, 0.05) is 4.90 Å². The van der Waals surface area contributed by atoms with Crippen molar-refractivity contribution in [3.63, 3.8) is 0 Å². The van der Waals surface area contributed by atoms with Gasteiger partial charge in [0.2, 0.25) is 0 Å². The van der Waals surface area contributed by atoms with Gasteiger partial charge in [0.25, 0.3) is 0 Å². The SMILES string of the molecule is COC(=O)Cc1ccccc1CS(=O)c1cccc(F)c1. The van der Waals surface area contributed by atoms with Crippen LogP contribution in [0, 0.1) is 5.82 Å². The van der Waals surface area contributed by atoms with Crippen LogP contribution in [-0.2, 0) is 32.5 Å². The Morgan fingerprint density at radius 3 is 2.52 bits per heavy atom. The van der Waals surface area contributed by atoms with Crippen LogP contribution >= 0.6 is 0 Å². The first-order valence-electron chi connectivity index (χ1n) is 6.37. The molecule has 1 unspecified atom stereocenters. The van der Waals surface area contributed by atoms with E-state index in [2.05, 4.69) is 4.74 Å². The van der Waals surface area contributed by atoms with E-state index in [1.54, 1.807) is 12.1 Å². The van der Waals surface area contributed by atoms with Crippen molar-refractivity contribution >= 4 is 16.8 Å². The lowest BCUT2D eigenvalue weighted by molar-refractivity contribution is -0.139. The molecule has 0 N–H and O–H groups in total. The van der Waals surface area contributed by atoms with Gasteiger partial charge in [-0.25, -0.2) is 4.39 Å². The van der Waals surface area contributed by atoms with Crippen molar-refractivity contribution < 1.29 is 18.1 Å². The second-order valence-electron chi connectivity index (χ2n) is 4.47. The summed E-state index contributed by atoms with van der Waals surface area (Å²) >= 11 is 0. The predicted octanol–water partition coefficient (Wildman–Crippen LogP) is 2.85. The van der Waals surface area contributed by atoms with Crippen molar-refractivity contribution in [3.05, 3.63) is 65.5 Å². The van der Waals surface area contributed by atoms with Gasteiger partial charge in [0.1, 0.15) is 5.82 Å². The average Bonchev–Trinajstić information content (AvgIpc) is 2.49. The third kappa shape index (κ3) is 4.23. The molecule has 2 aromatic carbocycles. The molecule has 0 aliphatic carbocycles. The standard InChI is InChI=1S/C16H15FO3S/c1-20-16(18)9-12-5-2-3-6-13(12)11-21(19)15-8-4-7-14(17)10-15/h2-8,10H,9,11H2,1H3. The van der Waals surface area contributed by atoms with E-state index < -0.39 is 16.6 Å². The highest BCUT2D eigenvalue weighted by molar-refractivity contribution is 7.84. The minimum atomic E-state index is -1.36. The molecule has 0 saturated carbocycles. The molecule has 2 rings (SSSR count). The lowest BCUT2D eigenvalue weighted by Crippen LogP contribution is -2.08. The fourth-order valence-electron chi connectivity index (χ4n) is 1.93. The predicted molar refractivity (Wildman–Crippen MR) is 78.7 cm³/mol. The van der Waals surface area contributed by atoms with Crippen molar-refractivity contribution in [2.24, 2.45) is 0 Å². The molecule has 0 amide bonds. The van der Waals surface area contributed by atoms with E-state index in [-0.39, 0.29) is 18.1 Å². The van der Waals surface area contributed by atoms with Crippen LogP contribution in [0.3, 0.4) is 0 Å². The molecule has 0 heterocycles. The molecule has 0 bridgehead atoms. The van der Waals surface area contributed by atoms with Gasteiger partial charge in [-0.1, -0.05) is 30.3 Å². The molecule has 0 aliphatic rings. The number of benzene rings is 2. The summed E-state index contributed by atoms with van der Waals surface area (Å²) in [6.07, 6.45) is 0.132. The number of ether oxygens (including phenoxy) is 1. The Labute approximate surface area is 125 Å². The monoisotopic (exact) mass is 306 g/mol. The second-order valence-corrected chi connectivity index (χ2v) is 5.92. The molecule has 0 aliphatic heterocycles. The molecule has 1 atom stereocenters. The highest BCUT2D eigenvalue weighted by Gasteiger charge is 2.12. The molecule has 2 aromatic rings. The van der Waals surface area contributed by atoms with Crippen molar-refractivity contribution in [2.45, 2.75) is 17.1 Å². The molecule has 21 heavy (non-hydrogen) atoms. The summed E-state index contributed by atoms with van der Waals surface area (Å²) in [7, 11) is -0.0346. The summed E-state index contributed by atoms with van der Waals surface area (Å²) in [4.78, 5) is 11.8. The molecule has 0 spiro atoms. The van der Waals surface area contributed by atoms with Crippen LogP contribution in [0.15, 0.2) is 53.4 Å². The molecular formula is C16H15FO3S. The van der Waals surface area contributed by atoms with Crippen molar-refractivity contribution in [3.8, 4) is 0 Å². The number of methoxy groups -OCH3 is 1. The van der Waals surface area contributed by atoms with Gasteiger partial charge >= 0.3 is 5.97 Å². The van der Waals surface area contributed by atoms with Crippen LogP contribution in [-0.4, -0.2) is 17.3 Å². The first kappa shape index (κ1) is 15.4. The number of halogens is 1. The fraction of sp³-hybridized carbons (Fsp3) is 0.188. The third-order valence-electron chi connectivity index (χ3n) is 3.03. The summed E-state index contributed by atoms with van der Waals surface area (Å²) < 4.78 is 30.1. The van der Waals surface area contributed by atoms with E-state index in [1.165, 1.54) is 25.3 Å². The summed E-state index contributed by atoms with van der Waals surface area (Å²) in [5.41, 5.74) is 1.57. The maximum atomic E-state index is 13.2. The normalized spacial score (nSPS) is 11.9. The molecule has 5 heteroatoms. The fourth-order valence-corrected chi connectivity index (χ4v) is 3.14. The van der Waals surface area contributed by atoms with Crippen LogP contribution in [0.5, 0.6) is 0 Å². The van der Waals surface area contributed by atoms with Crippen molar-refractivity contribution in [2.75, 3.05) is 7.11 Å². The Bertz CT molecular complexity index is 670. The van der Waals surface area contributed by atoms with E-state index in [0.717, 1.165) is 11.1 Å². The van der Waals surface area contributed by atoms with Crippen molar-refractivity contribution in [1.82, 2.24) is 0 Å². The summed E-state index contributed by atoms with van der Waals surface area (Å²) in [6, 6.07) is 13.0. The van der Waals surface area contributed by atoms with E-state index >= 15 is 0 Å². The van der Waals surface area contributed by atoms with Crippen LogP contribution in [0.1, 0.15) is 11.1 Å². The van der Waals surface area contributed by atoms with Gasteiger partial charge in [0.15, 0.2) is 0 Å². The van der Waals surface area contributed by atoms with Crippen molar-refractivity contribution in [1.29, 1.82) is 0 Å².